The number of likely N-dealkylation sites (N-methyl/N-ethyl adjacent to an activating group) is 1. The summed E-state index contributed by atoms with van der Waals surface area (Å²) in [4.78, 5) is 7.22. The lowest BCUT2D eigenvalue weighted by atomic mass is 9.52. The number of piperidine rings is 1. The van der Waals surface area contributed by atoms with Gasteiger partial charge in [-0.15, -0.1) is 0 Å². The molecule has 0 amide bonds. The summed E-state index contributed by atoms with van der Waals surface area (Å²) in [6, 6.07) is 9.54. The van der Waals surface area contributed by atoms with E-state index in [1.165, 1.54) is 50.5 Å². The van der Waals surface area contributed by atoms with Gasteiger partial charge in [0, 0.05) is 16.8 Å². The van der Waals surface area contributed by atoms with E-state index in [-0.39, 0.29) is 0 Å². The molecule has 0 unspecified atom stereocenters. The van der Waals surface area contributed by atoms with Gasteiger partial charge in [0.15, 0.2) is 0 Å². The maximum Gasteiger partial charge on any atom is 0.129 e. The van der Waals surface area contributed by atoms with Crippen molar-refractivity contribution in [1.29, 1.82) is 0 Å². The Morgan fingerprint density at radius 2 is 2.13 bits per heavy atom. The van der Waals surface area contributed by atoms with Gasteiger partial charge in [0.2, 0.25) is 0 Å². The van der Waals surface area contributed by atoms with Gasteiger partial charge >= 0.3 is 0 Å². The third kappa shape index (κ3) is 1.94. The highest BCUT2D eigenvalue weighted by atomic mass is 35.5. The van der Waals surface area contributed by atoms with E-state index in [0.717, 1.165) is 17.5 Å². The predicted octanol–water partition coefficient (Wildman–Crippen LogP) is 4.58. The van der Waals surface area contributed by atoms with Crippen molar-refractivity contribution in [3.8, 4) is 0 Å². The summed E-state index contributed by atoms with van der Waals surface area (Å²) >= 11 is 6.14. The number of aromatic nitrogens is 1. The van der Waals surface area contributed by atoms with E-state index in [4.69, 9.17) is 11.6 Å². The van der Waals surface area contributed by atoms with Gasteiger partial charge in [-0.25, -0.2) is 4.98 Å². The summed E-state index contributed by atoms with van der Waals surface area (Å²) in [6.07, 6.45) is 8.06. The van der Waals surface area contributed by atoms with Crippen LogP contribution in [0.1, 0.15) is 43.2 Å². The van der Waals surface area contributed by atoms with Crippen LogP contribution in [-0.4, -0.2) is 29.5 Å². The molecule has 2 aromatic rings. The van der Waals surface area contributed by atoms with Gasteiger partial charge in [-0.3, -0.25) is 0 Å². The van der Waals surface area contributed by atoms with E-state index in [1.54, 1.807) is 11.1 Å². The number of pyridine rings is 1. The van der Waals surface area contributed by atoms with Crippen molar-refractivity contribution < 1.29 is 0 Å². The molecule has 0 N–H and O–H groups in total. The molecule has 0 radical (unpaired) electrons. The number of halogens is 1. The second-order valence-corrected chi connectivity index (χ2v) is 8.23. The molecule has 2 heterocycles. The smallest absolute Gasteiger partial charge is 0.129 e. The summed E-state index contributed by atoms with van der Waals surface area (Å²) in [5.41, 5.74) is 4.65. The molecule has 3 atom stereocenters. The number of fused-ring (bicyclic) bond motifs is 2. The molecule has 2 nitrogen and oxygen atoms in total. The van der Waals surface area contributed by atoms with E-state index < -0.39 is 0 Å². The molecule has 3 aliphatic rings. The van der Waals surface area contributed by atoms with Crippen LogP contribution >= 0.6 is 11.6 Å². The maximum atomic E-state index is 6.14. The van der Waals surface area contributed by atoms with Gasteiger partial charge in [0.25, 0.3) is 0 Å². The second kappa shape index (κ2) is 4.94. The second-order valence-electron chi connectivity index (χ2n) is 7.85. The first-order chi connectivity index (χ1) is 11.2. The quantitative estimate of drug-likeness (QED) is 0.659. The lowest BCUT2D eigenvalue weighted by Crippen LogP contribution is -2.59. The number of nitrogens with zero attached hydrogens (tertiary/aromatic N) is 2. The van der Waals surface area contributed by atoms with E-state index in [1.807, 2.05) is 6.07 Å². The van der Waals surface area contributed by atoms with Gasteiger partial charge < -0.3 is 4.90 Å². The van der Waals surface area contributed by atoms with Crippen molar-refractivity contribution in [2.24, 2.45) is 5.92 Å². The van der Waals surface area contributed by atoms with Crippen LogP contribution < -0.4 is 0 Å². The Morgan fingerprint density at radius 3 is 3.04 bits per heavy atom. The van der Waals surface area contributed by atoms with Gasteiger partial charge in [-0.05, 0) is 80.6 Å². The Hall–Kier alpha value is -1.12. The van der Waals surface area contributed by atoms with Crippen LogP contribution in [0.2, 0.25) is 5.15 Å². The fraction of sp³-hybridized carbons (Fsp3) is 0.550. The topological polar surface area (TPSA) is 16.1 Å². The predicted molar refractivity (Wildman–Crippen MR) is 95.1 cm³/mol. The minimum atomic E-state index is 0.404. The average Bonchev–Trinajstić information content (AvgIpc) is 2.57. The van der Waals surface area contributed by atoms with E-state index in [0.29, 0.717) is 10.6 Å². The van der Waals surface area contributed by atoms with Crippen molar-refractivity contribution in [2.45, 2.75) is 50.0 Å². The van der Waals surface area contributed by atoms with Crippen molar-refractivity contribution in [3.63, 3.8) is 0 Å². The minimum Gasteiger partial charge on any atom is -0.303 e. The van der Waals surface area contributed by atoms with Crippen molar-refractivity contribution in [2.75, 3.05) is 13.6 Å². The summed E-state index contributed by atoms with van der Waals surface area (Å²) in [5.74, 6) is 0.833. The summed E-state index contributed by atoms with van der Waals surface area (Å²) < 4.78 is 0. The lowest BCUT2D eigenvalue weighted by Gasteiger charge is -2.58. The Morgan fingerprint density at radius 1 is 1.22 bits per heavy atom. The highest BCUT2D eigenvalue weighted by Gasteiger charge is 2.53. The highest BCUT2D eigenvalue weighted by molar-refractivity contribution is 6.29. The lowest BCUT2D eigenvalue weighted by molar-refractivity contribution is 0.00298. The molecule has 2 bridgehead atoms. The average molecular weight is 327 g/mol. The molecule has 3 heteroatoms. The Labute approximate surface area is 142 Å². The monoisotopic (exact) mass is 326 g/mol. The third-order valence-electron chi connectivity index (χ3n) is 6.88. The van der Waals surface area contributed by atoms with Gasteiger partial charge in [-0.2, -0.15) is 0 Å². The molecule has 1 aromatic heterocycles. The van der Waals surface area contributed by atoms with Gasteiger partial charge in [0.1, 0.15) is 5.15 Å². The largest absolute Gasteiger partial charge is 0.303 e. The van der Waals surface area contributed by atoms with Crippen molar-refractivity contribution in [1.82, 2.24) is 9.88 Å². The molecule has 5 rings (SSSR count). The van der Waals surface area contributed by atoms with E-state index in [2.05, 4.69) is 35.1 Å². The number of hydrogen-bond acceptors (Lipinski definition) is 2. The van der Waals surface area contributed by atoms with Crippen LogP contribution in [-0.2, 0) is 11.8 Å². The molecule has 1 saturated heterocycles. The number of likely N-dealkylation sites (tertiary alicyclic amines) is 1. The van der Waals surface area contributed by atoms with E-state index in [9.17, 15) is 0 Å². The van der Waals surface area contributed by atoms with Gasteiger partial charge in [-0.1, -0.05) is 24.4 Å². The Bertz CT molecular complexity index is 787. The molecule has 1 aliphatic heterocycles. The zero-order valence-electron chi connectivity index (χ0n) is 13.7. The first-order valence-corrected chi connectivity index (χ1v) is 9.35. The maximum absolute atomic E-state index is 6.14. The molecule has 23 heavy (non-hydrogen) atoms. The number of benzene rings is 1. The molecule has 1 saturated carbocycles. The summed E-state index contributed by atoms with van der Waals surface area (Å²) in [5, 5.41) is 1.84. The van der Waals surface area contributed by atoms with Crippen molar-refractivity contribution >= 4 is 22.5 Å². The zero-order chi connectivity index (χ0) is 15.6. The normalized spacial score (nSPS) is 33.3. The summed E-state index contributed by atoms with van der Waals surface area (Å²) in [7, 11) is 2.33. The zero-order valence-corrected chi connectivity index (χ0v) is 14.4. The molecule has 120 valence electrons. The third-order valence-corrected chi connectivity index (χ3v) is 7.10. The van der Waals surface area contributed by atoms with Crippen LogP contribution in [0.3, 0.4) is 0 Å². The molecular weight excluding hydrogens is 304 g/mol. The first kappa shape index (κ1) is 14.2. The van der Waals surface area contributed by atoms with Crippen molar-refractivity contribution in [3.05, 3.63) is 40.5 Å². The van der Waals surface area contributed by atoms with E-state index >= 15 is 0 Å². The van der Waals surface area contributed by atoms with Crippen LogP contribution in [0.15, 0.2) is 24.3 Å². The molecular formula is C20H23ClN2. The standard InChI is InChI=1S/C20H23ClN2/c1-23-9-8-20-7-3-2-4-15(20)18(23)11-14-10-13-5-6-19(21)22-17(13)12-16(14)20/h5-6,10,12,15,18H,2-4,7-9,11H2,1H3/t15-,18+,20+/m0/s1. The SMILES string of the molecule is CN1CC[C@]23CCCC[C@H]2[C@H]1Cc1cc2ccc(Cl)nc2cc13. The van der Waals surface area contributed by atoms with Crippen LogP contribution in [0.25, 0.3) is 10.9 Å². The fourth-order valence-corrected chi connectivity index (χ4v) is 5.96. The first-order valence-electron chi connectivity index (χ1n) is 8.97. The van der Waals surface area contributed by atoms with Gasteiger partial charge in [0.05, 0.1) is 5.52 Å². The van der Waals surface area contributed by atoms with Crippen LogP contribution in [0.5, 0.6) is 0 Å². The minimum absolute atomic E-state index is 0.404. The molecule has 2 aliphatic carbocycles. The number of rotatable bonds is 0. The molecule has 2 fully saturated rings. The molecule has 0 spiro atoms. The molecule has 1 aromatic carbocycles. The highest BCUT2D eigenvalue weighted by Crippen LogP contribution is 2.55. The van der Waals surface area contributed by atoms with Crippen LogP contribution in [0, 0.1) is 5.92 Å². The summed E-state index contributed by atoms with van der Waals surface area (Å²) in [6.45, 7) is 1.24. The Balaban J connectivity index is 1.76. The fourth-order valence-electron chi connectivity index (χ4n) is 5.80. The Kier molecular flexibility index (Phi) is 3.06. The van der Waals surface area contributed by atoms with Crippen LogP contribution in [0.4, 0.5) is 0 Å². The number of hydrogen-bond donors (Lipinski definition) is 0.